The molecule has 0 saturated carbocycles. The number of halogens is 1. The first-order valence-corrected chi connectivity index (χ1v) is 13.6. The molecule has 38 heavy (non-hydrogen) atoms. The van der Waals surface area contributed by atoms with Crippen LogP contribution in [0.1, 0.15) is 80.0 Å². The maximum Gasteiger partial charge on any atom is 0.338 e. The Balaban J connectivity index is 0.00000352. The molecule has 212 valence electrons. The molecule has 2 aromatic carbocycles. The highest BCUT2D eigenvalue weighted by molar-refractivity contribution is 6.06. The second-order valence-electron chi connectivity index (χ2n) is 9.40. The number of amides is 1. The number of ether oxygens (including phenoxy) is 2. The van der Waals surface area contributed by atoms with Crippen molar-refractivity contribution in [2.75, 3.05) is 52.3 Å². The quantitative estimate of drug-likeness (QED) is 0.155. The van der Waals surface area contributed by atoms with Gasteiger partial charge in [-0.1, -0.05) is 39.0 Å². The average Bonchev–Trinajstić information content (AvgIpc) is 2.94. The van der Waals surface area contributed by atoms with E-state index >= 15 is 0 Å². The number of aliphatic hydroxyl groups is 1. The molecular formula is C30H46FN2O5+. The monoisotopic (exact) mass is 533 g/mol. The number of nitrogens with zero attached hydrogens (tertiary/aromatic N) is 1. The van der Waals surface area contributed by atoms with Gasteiger partial charge in [-0.05, 0) is 62.7 Å². The van der Waals surface area contributed by atoms with E-state index in [1.165, 1.54) is 37.5 Å². The molecule has 0 saturated heterocycles. The molecular weight excluding hydrogens is 487 g/mol. The number of carbonyl (C=O) groups is 2. The number of carbonyl (C=O) groups excluding carboxylic acids is 2. The standard InChI is InChI=1S/C29H41FN2O4.CH4O/c1-5-8-9-10-11-12-20-35-27-18-15-24(30)22-26(27)28(33)31-25-16-13-23(14-17-25)29(34)36-21-19-32(4,6-2)7-3;1-2/h13-18,22H,5-12,19-21H2,1-4H3;2H,1H3/p+1. The summed E-state index contributed by atoms with van der Waals surface area (Å²) < 4.78 is 25.9. The predicted octanol–water partition coefficient (Wildman–Crippen LogP) is 6.07. The Bertz CT molecular complexity index is 962. The fraction of sp³-hybridized carbons (Fsp3) is 0.533. The molecule has 0 radical (unpaired) electrons. The fourth-order valence-corrected chi connectivity index (χ4v) is 3.74. The molecule has 8 heteroatoms. The molecule has 0 spiro atoms. The molecule has 0 heterocycles. The lowest BCUT2D eigenvalue weighted by atomic mass is 10.1. The number of nitrogens with one attached hydrogen (secondary N) is 1. The molecule has 0 aromatic heterocycles. The number of quaternary nitrogens is 1. The molecule has 0 aliphatic carbocycles. The highest BCUT2D eigenvalue weighted by atomic mass is 19.1. The third-order valence-electron chi connectivity index (χ3n) is 6.71. The summed E-state index contributed by atoms with van der Waals surface area (Å²) in [6.45, 7) is 9.94. The Morgan fingerprint density at radius 3 is 2.16 bits per heavy atom. The van der Waals surface area contributed by atoms with Gasteiger partial charge in [-0.25, -0.2) is 9.18 Å². The molecule has 2 rings (SSSR count). The summed E-state index contributed by atoms with van der Waals surface area (Å²) in [4.78, 5) is 25.2. The molecule has 0 bridgehead atoms. The van der Waals surface area contributed by atoms with Crippen molar-refractivity contribution in [2.45, 2.75) is 59.3 Å². The van der Waals surface area contributed by atoms with Crippen molar-refractivity contribution >= 4 is 17.6 Å². The average molecular weight is 534 g/mol. The second-order valence-corrected chi connectivity index (χ2v) is 9.40. The maximum absolute atomic E-state index is 13.9. The number of hydrogen-bond donors (Lipinski definition) is 2. The molecule has 0 aliphatic rings. The number of esters is 1. The zero-order valence-electron chi connectivity index (χ0n) is 23.7. The molecule has 2 aromatic rings. The van der Waals surface area contributed by atoms with Gasteiger partial charge >= 0.3 is 5.97 Å². The number of hydrogen-bond acceptors (Lipinski definition) is 5. The van der Waals surface area contributed by atoms with Crippen LogP contribution in [0.2, 0.25) is 0 Å². The summed E-state index contributed by atoms with van der Waals surface area (Å²) in [6, 6.07) is 10.4. The van der Waals surface area contributed by atoms with Crippen LogP contribution in [0.4, 0.5) is 10.1 Å². The van der Waals surface area contributed by atoms with E-state index in [1.54, 1.807) is 24.3 Å². The second kappa shape index (κ2) is 18.3. The van der Waals surface area contributed by atoms with Crippen LogP contribution in [0, 0.1) is 5.82 Å². The van der Waals surface area contributed by atoms with Gasteiger partial charge in [0.2, 0.25) is 0 Å². The Morgan fingerprint density at radius 2 is 1.53 bits per heavy atom. The molecule has 1 amide bonds. The summed E-state index contributed by atoms with van der Waals surface area (Å²) in [5.41, 5.74) is 1.03. The van der Waals surface area contributed by atoms with Crippen molar-refractivity contribution in [2.24, 2.45) is 0 Å². The first-order valence-electron chi connectivity index (χ1n) is 13.6. The first-order chi connectivity index (χ1) is 18.3. The lowest BCUT2D eigenvalue weighted by Gasteiger charge is -2.31. The van der Waals surface area contributed by atoms with Crippen LogP contribution in [0.3, 0.4) is 0 Å². The largest absolute Gasteiger partial charge is 0.493 e. The number of aliphatic hydroxyl groups excluding tert-OH is 1. The van der Waals surface area contributed by atoms with Gasteiger partial charge < -0.3 is 24.4 Å². The third kappa shape index (κ3) is 11.6. The van der Waals surface area contributed by atoms with Crippen LogP contribution < -0.4 is 10.1 Å². The van der Waals surface area contributed by atoms with Gasteiger partial charge in [0, 0.05) is 12.8 Å². The molecule has 0 atom stereocenters. The SMILES string of the molecule is CCCCCCCCOc1ccc(F)cc1C(=O)Nc1ccc(C(=O)OCC[N+](C)(CC)CC)cc1.CO. The predicted molar refractivity (Wildman–Crippen MR) is 150 cm³/mol. The number of unbranched alkanes of at least 4 members (excludes halogenated alkanes) is 5. The lowest BCUT2D eigenvalue weighted by Crippen LogP contribution is -2.46. The molecule has 7 nitrogen and oxygen atoms in total. The van der Waals surface area contributed by atoms with Crippen LogP contribution in [-0.4, -0.2) is 68.5 Å². The van der Waals surface area contributed by atoms with E-state index in [0.29, 0.717) is 30.2 Å². The summed E-state index contributed by atoms with van der Waals surface area (Å²) in [5, 5.41) is 9.75. The van der Waals surface area contributed by atoms with E-state index in [9.17, 15) is 14.0 Å². The minimum Gasteiger partial charge on any atom is -0.493 e. The van der Waals surface area contributed by atoms with Crippen LogP contribution >= 0.6 is 0 Å². The summed E-state index contributed by atoms with van der Waals surface area (Å²) in [5.74, 6) is -1.03. The highest BCUT2D eigenvalue weighted by Gasteiger charge is 2.18. The Morgan fingerprint density at radius 1 is 0.895 bits per heavy atom. The van der Waals surface area contributed by atoms with Gasteiger partial charge in [0.25, 0.3) is 5.91 Å². The number of rotatable bonds is 16. The summed E-state index contributed by atoms with van der Waals surface area (Å²) in [6.07, 6.45) is 6.76. The van der Waals surface area contributed by atoms with Gasteiger partial charge in [-0.3, -0.25) is 4.79 Å². The minimum atomic E-state index is -0.508. The molecule has 0 aliphatic heterocycles. The Labute approximate surface area is 227 Å². The van der Waals surface area contributed by atoms with Gasteiger partial charge in [-0.2, -0.15) is 0 Å². The summed E-state index contributed by atoms with van der Waals surface area (Å²) >= 11 is 0. The summed E-state index contributed by atoms with van der Waals surface area (Å²) in [7, 11) is 3.13. The van der Waals surface area contributed by atoms with Crippen LogP contribution in [0.15, 0.2) is 42.5 Å². The van der Waals surface area contributed by atoms with Crippen molar-refractivity contribution in [3.05, 3.63) is 59.4 Å². The lowest BCUT2D eigenvalue weighted by molar-refractivity contribution is -0.906. The van der Waals surface area contributed by atoms with Crippen molar-refractivity contribution in [3.8, 4) is 5.75 Å². The van der Waals surface area contributed by atoms with E-state index in [2.05, 4.69) is 33.1 Å². The minimum absolute atomic E-state index is 0.137. The molecule has 0 fully saturated rings. The smallest absolute Gasteiger partial charge is 0.338 e. The Hall–Kier alpha value is -2.97. The fourth-order valence-electron chi connectivity index (χ4n) is 3.74. The Kier molecular flexibility index (Phi) is 15.9. The van der Waals surface area contributed by atoms with Gasteiger partial charge in [-0.15, -0.1) is 0 Å². The first kappa shape index (κ1) is 33.1. The zero-order valence-corrected chi connectivity index (χ0v) is 23.7. The van der Waals surface area contributed by atoms with E-state index in [1.807, 2.05) is 0 Å². The van der Waals surface area contributed by atoms with Gasteiger partial charge in [0.15, 0.2) is 0 Å². The molecule has 0 unspecified atom stereocenters. The van der Waals surface area contributed by atoms with E-state index < -0.39 is 17.7 Å². The van der Waals surface area contributed by atoms with E-state index in [-0.39, 0.29) is 5.56 Å². The van der Waals surface area contributed by atoms with Crippen molar-refractivity contribution in [1.29, 1.82) is 0 Å². The normalized spacial score (nSPS) is 10.8. The van der Waals surface area contributed by atoms with Crippen molar-refractivity contribution < 1.29 is 33.0 Å². The van der Waals surface area contributed by atoms with Crippen LogP contribution in [-0.2, 0) is 4.74 Å². The van der Waals surface area contributed by atoms with E-state index in [4.69, 9.17) is 14.6 Å². The highest BCUT2D eigenvalue weighted by Crippen LogP contribution is 2.22. The topological polar surface area (TPSA) is 84.9 Å². The zero-order chi connectivity index (χ0) is 28.4. The maximum atomic E-state index is 13.9. The molecule has 2 N–H and O–H groups in total. The van der Waals surface area contributed by atoms with Crippen LogP contribution in [0.5, 0.6) is 5.75 Å². The third-order valence-corrected chi connectivity index (χ3v) is 6.71. The number of anilines is 1. The van der Waals surface area contributed by atoms with E-state index in [0.717, 1.165) is 50.5 Å². The number of benzene rings is 2. The van der Waals surface area contributed by atoms with Gasteiger partial charge in [0.05, 0.1) is 37.9 Å². The van der Waals surface area contributed by atoms with Gasteiger partial charge in [0.1, 0.15) is 24.7 Å². The van der Waals surface area contributed by atoms with Crippen molar-refractivity contribution in [1.82, 2.24) is 0 Å². The van der Waals surface area contributed by atoms with Crippen LogP contribution in [0.25, 0.3) is 0 Å². The number of likely N-dealkylation sites (N-methyl/N-ethyl adjacent to an activating group) is 1. The van der Waals surface area contributed by atoms with Crippen molar-refractivity contribution in [3.63, 3.8) is 0 Å².